The zero-order chi connectivity index (χ0) is 22.3. The smallest absolute Gasteiger partial charge is 0.228 e. The largest absolute Gasteiger partial charge is 0.341 e. The number of aryl methyl sites for hydroxylation is 1. The van der Waals surface area contributed by atoms with E-state index in [1.165, 1.54) is 11.3 Å². The van der Waals surface area contributed by atoms with Gasteiger partial charge in [-0.15, -0.1) is 11.3 Å². The Labute approximate surface area is 186 Å². The van der Waals surface area contributed by atoms with Crippen LogP contribution in [0.1, 0.15) is 47.9 Å². The standard InChI is InChI=1S/C20H27N5O4S2/c1-13-17(14(2)25(22-13)16-6-8-31(28,29)12-16)10-23(3)19(27)9-15-11-30-20(21-15)24-7-4-5-18(24)26/h11,16H,4-10,12H2,1-3H3/t16-/m0/s1. The molecule has 0 saturated carbocycles. The fourth-order valence-electron chi connectivity index (χ4n) is 4.22. The first-order valence-corrected chi connectivity index (χ1v) is 13.1. The van der Waals surface area contributed by atoms with Gasteiger partial charge in [0.1, 0.15) is 0 Å². The number of nitrogens with zero attached hydrogens (tertiary/aromatic N) is 5. The Hall–Kier alpha value is -2.27. The van der Waals surface area contributed by atoms with Crippen LogP contribution < -0.4 is 4.90 Å². The average molecular weight is 466 g/mol. The van der Waals surface area contributed by atoms with E-state index >= 15 is 0 Å². The van der Waals surface area contributed by atoms with Crippen LogP contribution in [-0.4, -0.2) is 65.0 Å². The molecular weight excluding hydrogens is 438 g/mol. The van der Waals surface area contributed by atoms with Gasteiger partial charge in [0.2, 0.25) is 11.8 Å². The van der Waals surface area contributed by atoms with Gasteiger partial charge in [0.25, 0.3) is 0 Å². The minimum Gasteiger partial charge on any atom is -0.341 e. The number of hydrogen-bond acceptors (Lipinski definition) is 7. The van der Waals surface area contributed by atoms with Gasteiger partial charge in [0, 0.05) is 43.2 Å². The molecule has 11 heteroatoms. The van der Waals surface area contributed by atoms with Gasteiger partial charge >= 0.3 is 0 Å². The van der Waals surface area contributed by atoms with Crippen LogP contribution in [0.2, 0.25) is 0 Å². The van der Waals surface area contributed by atoms with E-state index in [2.05, 4.69) is 10.1 Å². The zero-order valence-electron chi connectivity index (χ0n) is 18.0. The monoisotopic (exact) mass is 465 g/mol. The van der Waals surface area contributed by atoms with Crippen molar-refractivity contribution in [2.75, 3.05) is 30.0 Å². The molecule has 2 amide bonds. The van der Waals surface area contributed by atoms with Crippen molar-refractivity contribution >= 4 is 38.1 Å². The average Bonchev–Trinajstić information content (AvgIpc) is 3.46. The van der Waals surface area contributed by atoms with E-state index in [9.17, 15) is 18.0 Å². The predicted octanol–water partition coefficient (Wildman–Crippen LogP) is 1.64. The van der Waals surface area contributed by atoms with Gasteiger partial charge in [0.15, 0.2) is 15.0 Å². The molecule has 0 aromatic carbocycles. The van der Waals surface area contributed by atoms with Crippen LogP contribution in [-0.2, 0) is 32.4 Å². The molecular formula is C20H27N5O4S2. The summed E-state index contributed by atoms with van der Waals surface area (Å²) in [6.07, 6.45) is 2.14. The van der Waals surface area contributed by atoms with Gasteiger partial charge in [-0.05, 0) is 26.7 Å². The zero-order valence-corrected chi connectivity index (χ0v) is 19.6. The number of likely N-dealkylation sites (N-methyl/N-ethyl adjacent to an activating group) is 1. The van der Waals surface area contributed by atoms with Crippen molar-refractivity contribution in [1.82, 2.24) is 19.7 Å². The Morgan fingerprint density at radius 2 is 2.13 bits per heavy atom. The molecule has 168 valence electrons. The van der Waals surface area contributed by atoms with Gasteiger partial charge in [-0.25, -0.2) is 13.4 Å². The van der Waals surface area contributed by atoms with Crippen molar-refractivity contribution in [2.45, 2.75) is 52.1 Å². The molecule has 0 spiro atoms. The molecule has 4 heterocycles. The van der Waals surface area contributed by atoms with Crippen LogP contribution in [0.3, 0.4) is 0 Å². The number of anilines is 1. The molecule has 2 aromatic rings. The molecule has 0 aliphatic carbocycles. The fraction of sp³-hybridized carbons (Fsp3) is 0.600. The summed E-state index contributed by atoms with van der Waals surface area (Å²) >= 11 is 1.39. The number of carbonyl (C=O) groups is 2. The summed E-state index contributed by atoms with van der Waals surface area (Å²) in [5.41, 5.74) is 3.33. The number of amides is 2. The summed E-state index contributed by atoms with van der Waals surface area (Å²) < 4.78 is 25.5. The molecule has 31 heavy (non-hydrogen) atoms. The van der Waals surface area contributed by atoms with Gasteiger partial charge < -0.3 is 4.90 Å². The third-order valence-corrected chi connectivity index (χ3v) is 8.69. The lowest BCUT2D eigenvalue weighted by atomic mass is 10.1. The SMILES string of the molecule is Cc1nn([C@H]2CCS(=O)(=O)C2)c(C)c1CN(C)C(=O)Cc1csc(N2CCCC2=O)n1. The Morgan fingerprint density at radius 1 is 1.35 bits per heavy atom. The number of aromatic nitrogens is 3. The summed E-state index contributed by atoms with van der Waals surface area (Å²) in [5.74, 6) is 0.332. The first-order valence-electron chi connectivity index (χ1n) is 10.4. The topological polar surface area (TPSA) is 105 Å². The summed E-state index contributed by atoms with van der Waals surface area (Å²) in [6.45, 7) is 4.90. The summed E-state index contributed by atoms with van der Waals surface area (Å²) in [6, 6.07) is -0.139. The molecule has 2 aromatic heterocycles. The Morgan fingerprint density at radius 3 is 2.77 bits per heavy atom. The number of carbonyl (C=O) groups excluding carboxylic acids is 2. The second-order valence-corrected chi connectivity index (χ2v) is 11.4. The fourth-order valence-corrected chi connectivity index (χ4v) is 6.78. The minimum atomic E-state index is -3.00. The number of hydrogen-bond donors (Lipinski definition) is 0. The maximum absolute atomic E-state index is 12.8. The lowest BCUT2D eigenvalue weighted by Gasteiger charge is -2.18. The third kappa shape index (κ3) is 4.52. The van der Waals surface area contributed by atoms with Crippen molar-refractivity contribution in [2.24, 2.45) is 0 Å². The van der Waals surface area contributed by atoms with E-state index in [0.717, 1.165) is 23.4 Å². The Balaban J connectivity index is 1.41. The van der Waals surface area contributed by atoms with Crippen molar-refractivity contribution in [3.8, 4) is 0 Å². The van der Waals surface area contributed by atoms with Gasteiger partial charge in [0.05, 0.1) is 35.4 Å². The first kappa shape index (κ1) is 21.9. The Bertz CT molecular complexity index is 1120. The minimum absolute atomic E-state index is 0.0698. The molecule has 0 bridgehead atoms. The second-order valence-electron chi connectivity index (χ2n) is 8.35. The number of rotatable bonds is 6. The molecule has 2 aliphatic rings. The quantitative estimate of drug-likeness (QED) is 0.642. The predicted molar refractivity (Wildman–Crippen MR) is 118 cm³/mol. The molecule has 4 rings (SSSR count). The molecule has 9 nitrogen and oxygen atoms in total. The van der Waals surface area contributed by atoms with Gasteiger partial charge in [-0.2, -0.15) is 5.10 Å². The molecule has 2 saturated heterocycles. The van der Waals surface area contributed by atoms with Crippen LogP contribution in [0.5, 0.6) is 0 Å². The summed E-state index contributed by atoms with van der Waals surface area (Å²) in [5, 5.41) is 7.07. The second kappa shape index (κ2) is 8.34. The highest BCUT2D eigenvalue weighted by molar-refractivity contribution is 7.91. The highest BCUT2D eigenvalue weighted by Gasteiger charge is 2.32. The molecule has 0 radical (unpaired) electrons. The Kier molecular flexibility index (Phi) is 5.91. The molecule has 1 atom stereocenters. The van der Waals surface area contributed by atoms with Crippen molar-refractivity contribution in [3.05, 3.63) is 28.0 Å². The summed E-state index contributed by atoms with van der Waals surface area (Å²) in [7, 11) is -1.25. The first-order chi connectivity index (χ1) is 14.6. The number of sulfone groups is 1. The lowest BCUT2D eigenvalue weighted by molar-refractivity contribution is -0.129. The van der Waals surface area contributed by atoms with Gasteiger partial charge in [-0.1, -0.05) is 0 Å². The molecule has 2 aliphatic heterocycles. The van der Waals surface area contributed by atoms with Crippen LogP contribution in [0.4, 0.5) is 5.13 Å². The van der Waals surface area contributed by atoms with E-state index in [1.807, 2.05) is 23.9 Å². The van der Waals surface area contributed by atoms with Crippen molar-refractivity contribution in [3.63, 3.8) is 0 Å². The normalized spacial score (nSPS) is 20.5. The van der Waals surface area contributed by atoms with Crippen LogP contribution >= 0.6 is 11.3 Å². The highest BCUT2D eigenvalue weighted by Crippen LogP contribution is 2.28. The third-order valence-electron chi connectivity index (χ3n) is 6.03. The summed E-state index contributed by atoms with van der Waals surface area (Å²) in [4.78, 5) is 32.5. The number of thiazole rings is 1. The maximum atomic E-state index is 12.8. The van der Waals surface area contributed by atoms with E-state index in [-0.39, 0.29) is 35.8 Å². The van der Waals surface area contributed by atoms with E-state index in [4.69, 9.17) is 0 Å². The maximum Gasteiger partial charge on any atom is 0.228 e. The van der Waals surface area contributed by atoms with Crippen molar-refractivity contribution < 1.29 is 18.0 Å². The molecule has 0 N–H and O–H groups in total. The van der Waals surface area contributed by atoms with E-state index in [1.54, 1.807) is 16.8 Å². The highest BCUT2D eigenvalue weighted by atomic mass is 32.2. The van der Waals surface area contributed by atoms with E-state index in [0.29, 0.717) is 36.8 Å². The van der Waals surface area contributed by atoms with Gasteiger partial charge in [-0.3, -0.25) is 19.2 Å². The van der Waals surface area contributed by atoms with Crippen molar-refractivity contribution in [1.29, 1.82) is 0 Å². The van der Waals surface area contributed by atoms with Crippen LogP contribution in [0.15, 0.2) is 5.38 Å². The van der Waals surface area contributed by atoms with Crippen LogP contribution in [0, 0.1) is 13.8 Å². The molecule has 0 unspecified atom stereocenters. The molecule has 2 fully saturated rings. The van der Waals surface area contributed by atoms with E-state index < -0.39 is 9.84 Å². The van der Waals surface area contributed by atoms with Crippen LogP contribution in [0.25, 0.3) is 0 Å². The lowest BCUT2D eigenvalue weighted by Crippen LogP contribution is -2.28.